The smallest absolute Gasteiger partial charge is 0.195 e. The standard InChI is InChI=1S/C20H18ClN3O2S2/c1-26-16-4-2-3-13(11-16)12-24(22)20(27)23-19-17(9-10-28-19)18(25)14-5-7-15(21)8-6-14/h2-11H,12,22H2,1H3,(H,23,27). The Labute approximate surface area is 177 Å². The molecular weight excluding hydrogens is 414 g/mol. The average molecular weight is 432 g/mol. The first-order chi connectivity index (χ1) is 13.5. The van der Waals surface area contributed by atoms with Gasteiger partial charge in [0.25, 0.3) is 0 Å². The Kier molecular flexibility index (Phi) is 6.64. The molecule has 0 spiro atoms. The number of benzene rings is 2. The van der Waals surface area contributed by atoms with Crippen LogP contribution in [0.5, 0.6) is 5.75 Å². The van der Waals surface area contributed by atoms with Crippen molar-refractivity contribution in [2.75, 3.05) is 12.4 Å². The SMILES string of the molecule is COc1cccc(CN(N)C(=S)Nc2sccc2C(=O)c2ccc(Cl)cc2)c1. The van der Waals surface area contributed by atoms with E-state index in [2.05, 4.69) is 5.32 Å². The maximum atomic E-state index is 12.8. The van der Waals surface area contributed by atoms with E-state index in [1.807, 2.05) is 29.6 Å². The lowest BCUT2D eigenvalue weighted by Crippen LogP contribution is -2.39. The summed E-state index contributed by atoms with van der Waals surface area (Å²) in [7, 11) is 1.61. The van der Waals surface area contributed by atoms with Gasteiger partial charge >= 0.3 is 0 Å². The predicted molar refractivity (Wildman–Crippen MR) is 118 cm³/mol. The minimum atomic E-state index is -0.111. The van der Waals surface area contributed by atoms with Crippen LogP contribution in [0.1, 0.15) is 21.5 Å². The molecule has 144 valence electrons. The van der Waals surface area contributed by atoms with Crippen LogP contribution in [0.2, 0.25) is 5.02 Å². The molecule has 5 nitrogen and oxygen atoms in total. The Morgan fingerprint density at radius 3 is 2.71 bits per heavy atom. The van der Waals surface area contributed by atoms with Gasteiger partial charge in [0.1, 0.15) is 10.8 Å². The first-order valence-electron chi connectivity index (χ1n) is 8.32. The van der Waals surface area contributed by atoms with Crippen LogP contribution in [0.4, 0.5) is 5.00 Å². The molecule has 0 amide bonds. The Hall–Kier alpha value is -2.45. The molecule has 0 unspecified atom stereocenters. The molecule has 0 radical (unpaired) electrons. The van der Waals surface area contributed by atoms with E-state index in [1.165, 1.54) is 16.3 Å². The number of hydrogen-bond acceptors (Lipinski definition) is 5. The fraction of sp³-hybridized carbons (Fsp3) is 0.100. The van der Waals surface area contributed by atoms with Crippen molar-refractivity contribution in [3.63, 3.8) is 0 Å². The molecule has 8 heteroatoms. The number of thiophene rings is 1. The average Bonchev–Trinajstić information content (AvgIpc) is 3.16. The summed E-state index contributed by atoms with van der Waals surface area (Å²) in [6.45, 7) is 0.398. The molecule has 0 aliphatic rings. The van der Waals surface area contributed by atoms with Gasteiger partial charge in [-0.1, -0.05) is 23.7 Å². The van der Waals surface area contributed by atoms with Crippen molar-refractivity contribution >= 4 is 51.1 Å². The second-order valence-corrected chi connectivity index (χ2v) is 7.65. The first-order valence-corrected chi connectivity index (χ1v) is 9.98. The van der Waals surface area contributed by atoms with Gasteiger partial charge in [-0.2, -0.15) is 0 Å². The van der Waals surface area contributed by atoms with Gasteiger partial charge in [-0.25, -0.2) is 5.84 Å². The van der Waals surface area contributed by atoms with Crippen molar-refractivity contribution in [1.29, 1.82) is 0 Å². The van der Waals surface area contributed by atoms with Crippen LogP contribution in [0, 0.1) is 0 Å². The third-order valence-corrected chi connectivity index (χ3v) is 5.40. The molecule has 0 fully saturated rings. The van der Waals surface area contributed by atoms with Gasteiger partial charge in [0.15, 0.2) is 10.9 Å². The second kappa shape index (κ2) is 9.16. The molecule has 3 N–H and O–H groups in total. The zero-order valence-electron chi connectivity index (χ0n) is 15.0. The highest BCUT2D eigenvalue weighted by Gasteiger charge is 2.17. The number of hydrogen-bond donors (Lipinski definition) is 2. The Morgan fingerprint density at radius 1 is 1.25 bits per heavy atom. The summed E-state index contributed by atoms with van der Waals surface area (Å²) in [6.07, 6.45) is 0. The van der Waals surface area contributed by atoms with Crippen molar-refractivity contribution in [1.82, 2.24) is 5.01 Å². The quantitative estimate of drug-likeness (QED) is 0.255. The van der Waals surface area contributed by atoms with E-state index in [1.54, 1.807) is 37.4 Å². The molecule has 2 aromatic carbocycles. The minimum absolute atomic E-state index is 0.111. The number of halogens is 1. The van der Waals surface area contributed by atoms with Crippen LogP contribution < -0.4 is 15.9 Å². The van der Waals surface area contributed by atoms with E-state index in [4.69, 9.17) is 34.4 Å². The Morgan fingerprint density at radius 2 is 2.00 bits per heavy atom. The van der Waals surface area contributed by atoms with Crippen LogP contribution in [0.3, 0.4) is 0 Å². The molecule has 0 saturated heterocycles. The van der Waals surface area contributed by atoms with Crippen LogP contribution in [0.25, 0.3) is 0 Å². The number of carbonyl (C=O) groups is 1. The molecule has 3 aromatic rings. The molecule has 28 heavy (non-hydrogen) atoms. The van der Waals surface area contributed by atoms with E-state index in [0.29, 0.717) is 32.8 Å². The summed E-state index contributed by atoms with van der Waals surface area (Å²) in [6, 6.07) is 16.1. The van der Waals surface area contributed by atoms with Gasteiger partial charge in [-0.15, -0.1) is 11.3 Å². The fourth-order valence-electron chi connectivity index (χ4n) is 2.55. The number of ether oxygens (including phenoxy) is 1. The number of methoxy groups -OCH3 is 1. The monoisotopic (exact) mass is 431 g/mol. The van der Waals surface area contributed by atoms with E-state index in [-0.39, 0.29) is 5.78 Å². The molecule has 1 heterocycles. The Bertz CT molecular complexity index is 989. The number of thiocarbonyl (C=S) groups is 1. The number of carbonyl (C=O) groups excluding carboxylic acids is 1. The summed E-state index contributed by atoms with van der Waals surface area (Å²) < 4.78 is 5.22. The lowest BCUT2D eigenvalue weighted by atomic mass is 10.1. The minimum Gasteiger partial charge on any atom is -0.497 e. The lowest BCUT2D eigenvalue weighted by molar-refractivity contribution is 0.104. The molecular formula is C20H18ClN3O2S2. The van der Waals surface area contributed by atoms with E-state index in [0.717, 1.165) is 11.3 Å². The third kappa shape index (κ3) is 4.88. The zero-order valence-corrected chi connectivity index (χ0v) is 17.4. The molecule has 0 bridgehead atoms. The van der Waals surface area contributed by atoms with Crippen molar-refractivity contribution in [3.05, 3.63) is 81.7 Å². The fourth-order valence-corrected chi connectivity index (χ4v) is 3.69. The van der Waals surface area contributed by atoms with Crippen molar-refractivity contribution in [3.8, 4) is 5.75 Å². The van der Waals surface area contributed by atoms with Crippen LogP contribution in [-0.2, 0) is 6.54 Å². The van der Waals surface area contributed by atoms with Gasteiger partial charge in [0, 0.05) is 10.6 Å². The van der Waals surface area contributed by atoms with Crippen LogP contribution in [-0.4, -0.2) is 23.0 Å². The second-order valence-electron chi connectivity index (χ2n) is 5.91. The third-order valence-electron chi connectivity index (χ3n) is 3.98. The number of hydrazine groups is 1. The normalized spacial score (nSPS) is 10.4. The molecule has 0 aliphatic heterocycles. The topological polar surface area (TPSA) is 67.6 Å². The maximum absolute atomic E-state index is 12.8. The molecule has 0 atom stereocenters. The summed E-state index contributed by atoms with van der Waals surface area (Å²) in [5.74, 6) is 6.74. The van der Waals surface area contributed by atoms with Crippen molar-refractivity contribution in [2.24, 2.45) is 5.84 Å². The van der Waals surface area contributed by atoms with Crippen LogP contribution >= 0.6 is 35.2 Å². The van der Waals surface area contributed by atoms with Crippen molar-refractivity contribution < 1.29 is 9.53 Å². The highest BCUT2D eigenvalue weighted by molar-refractivity contribution is 7.80. The first kappa shape index (κ1) is 20.3. The summed E-state index contributed by atoms with van der Waals surface area (Å²) >= 11 is 12.7. The Balaban J connectivity index is 1.70. The molecule has 0 saturated carbocycles. The number of nitrogens with one attached hydrogen (secondary N) is 1. The zero-order chi connectivity index (χ0) is 20.1. The summed E-state index contributed by atoms with van der Waals surface area (Å²) in [5, 5.41) is 7.86. The number of nitrogens with zero attached hydrogens (tertiary/aromatic N) is 1. The molecule has 1 aromatic heterocycles. The van der Waals surface area contributed by atoms with Gasteiger partial charge in [0.2, 0.25) is 0 Å². The van der Waals surface area contributed by atoms with E-state index < -0.39 is 0 Å². The van der Waals surface area contributed by atoms with Gasteiger partial charge < -0.3 is 10.1 Å². The lowest BCUT2D eigenvalue weighted by Gasteiger charge is -2.20. The number of rotatable bonds is 6. The number of ketones is 1. The largest absolute Gasteiger partial charge is 0.497 e. The highest BCUT2D eigenvalue weighted by atomic mass is 35.5. The van der Waals surface area contributed by atoms with Crippen LogP contribution in [0.15, 0.2) is 60.0 Å². The highest BCUT2D eigenvalue weighted by Crippen LogP contribution is 2.27. The number of nitrogens with two attached hydrogens (primary N) is 1. The summed E-state index contributed by atoms with van der Waals surface area (Å²) in [5.41, 5.74) is 2.04. The predicted octanol–water partition coefficient (Wildman–Crippen LogP) is 4.71. The maximum Gasteiger partial charge on any atom is 0.195 e. The van der Waals surface area contributed by atoms with E-state index in [9.17, 15) is 4.79 Å². The van der Waals surface area contributed by atoms with E-state index >= 15 is 0 Å². The van der Waals surface area contributed by atoms with Gasteiger partial charge in [0.05, 0.1) is 19.2 Å². The molecule has 0 aliphatic carbocycles. The van der Waals surface area contributed by atoms with Crippen molar-refractivity contribution in [2.45, 2.75) is 6.54 Å². The van der Waals surface area contributed by atoms with Gasteiger partial charge in [-0.3, -0.25) is 9.80 Å². The molecule has 3 rings (SSSR count). The number of anilines is 1. The van der Waals surface area contributed by atoms with Gasteiger partial charge in [-0.05, 0) is 65.6 Å². The summed E-state index contributed by atoms with van der Waals surface area (Å²) in [4.78, 5) is 12.8.